The molecule has 0 heterocycles. The summed E-state index contributed by atoms with van der Waals surface area (Å²) in [5.41, 5.74) is 15.4. The third kappa shape index (κ3) is 5.19. The Morgan fingerprint density at radius 2 is 0.719 bits per heavy atom. The van der Waals surface area contributed by atoms with Crippen LogP contribution in [0.5, 0.6) is 0 Å². The standard InChI is InChI=1S/C32H34/c1-22-6-12-27(13-7-22)18-30-21-31(19-28-14-8-23(2)9-15-28)26(5)32(25(30)4)20-29-16-10-24(3)11-17-29/h6-17,21H,18-20H2,1-5H3. The highest BCUT2D eigenvalue weighted by molar-refractivity contribution is 5.50. The average molecular weight is 419 g/mol. The first-order valence-corrected chi connectivity index (χ1v) is 11.7. The van der Waals surface area contributed by atoms with Gasteiger partial charge < -0.3 is 0 Å². The number of aryl methyl sites for hydroxylation is 3. The normalized spacial score (nSPS) is 11.0. The van der Waals surface area contributed by atoms with E-state index in [1.807, 2.05) is 0 Å². The monoisotopic (exact) mass is 418 g/mol. The predicted molar refractivity (Wildman–Crippen MR) is 138 cm³/mol. The molecule has 4 aromatic rings. The molecule has 0 bridgehead atoms. The third-order valence-electron chi connectivity index (χ3n) is 6.75. The smallest absolute Gasteiger partial charge is 0.00203 e. The number of benzene rings is 4. The fourth-order valence-electron chi connectivity index (χ4n) is 4.49. The number of hydrogen-bond acceptors (Lipinski definition) is 0. The molecule has 0 unspecified atom stereocenters. The fraction of sp³-hybridized carbons (Fsp3) is 0.250. The summed E-state index contributed by atoms with van der Waals surface area (Å²) >= 11 is 0. The van der Waals surface area contributed by atoms with E-state index >= 15 is 0 Å². The second kappa shape index (κ2) is 9.57. The van der Waals surface area contributed by atoms with Crippen LogP contribution in [0.4, 0.5) is 0 Å². The Kier molecular flexibility index (Phi) is 6.61. The molecule has 0 amide bonds. The summed E-state index contributed by atoms with van der Waals surface area (Å²) in [5.74, 6) is 0. The van der Waals surface area contributed by atoms with E-state index in [1.165, 1.54) is 61.2 Å². The van der Waals surface area contributed by atoms with E-state index in [1.54, 1.807) is 0 Å². The van der Waals surface area contributed by atoms with Crippen LogP contribution < -0.4 is 0 Å². The van der Waals surface area contributed by atoms with Gasteiger partial charge in [0.2, 0.25) is 0 Å². The Morgan fingerprint density at radius 1 is 0.406 bits per heavy atom. The molecule has 0 spiro atoms. The van der Waals surface area contributed by atoms with Crippen molar-refractivity contribution in [3.05, 3.63) is 140 Å². The van der Waals surface area contributed by atoms with Gasteiger partial charge in [0, 0.05) is 0 Å². The van der Waals surface area contributed by atoms with Crippen LogP contribution in [-0.4, -0.2) is 0 Å². The van der Waals surface area contributed by atoms with E-state index in [9.17, 15) is 0 Å². The maximum atomic E-state index is 2.46. The molecule has 0 N–H and O–H groups in total. The molecule has 0 aromatic heterocycles. The molecular weight excluding hydrogens is 384 g/mol. The van der Waals surface area contributed by atoms with Gasteiger partial charge in [-0.25, -0.2) is 0 Å². The topological polar surface area (TPSA) is 0 Å². The van der Waals surface area contributed by atoms with Gasteiger partial charge in [0.05, 0.1) is 0 Å². The summed E-state index contributed by atoms with van der Waals surface area (Å²) in [5, 5.41) is 0. The Bertz CT molecular complexity index is 1120. The van der Waals surface area contributed by atoms with Crippen molar-refractivity contribution in [3.8, 4) is 0 Å². The van der Waals surface area contributed by atoms with E-state index in [2.05, 4.69) is 113 Å². The zero-order valence-electron chi connectivity index (χ0n) is 20.1. The maximum Gasteiger partial charge on any atom is -0.00203 e. The van der Waals surface area contributed by atoms with Gasteiger partial charge in [-0.3, -0.25) is 0 Å². The van der Waals surface area contributed by atoms with Crippen molar-refractivity contribution in [2.75, 3.05) is 0 Å². The minimum atomic E-state index is 0.980. The summed E-state index contributed by atoms with van der Waals surface area (Å²) in [6.45, 7) is 11.1. The molecule has 162 valence electrons. The fourth-order valence-corrected chi connectivity index (χ4v) is 4.49. The van der Waals surface area contributed by atoms with E-state index in [4.69, 9.17) is 0 Å². The van der Waals surface area contributed by atoms with Crippen LogP contribution in [0.15, 0.2) is 78.9 Å². The lowest BCUT2D eigenvalue weighted by molar-refractivity contribution is 1.02. The quantitative estimate of drug-likeness (QED) is 0.297. The highest BCUT2D eigenvalue weighted by Gasteiger charge is 2.14. The van der Waals surface area contributed by atoms with Gasteiger partial charge in [0.1, 0.15) is 0 Å². The molecule has 0 aliphatic rings. The zero-order valence-corrected chi connectivity index (χ0v) is 20.1. The second-order valence-electron chi connectivity index (χ2n) is 9.41. The number of rotatable bonds is 6. The number of hydrogen-bond donors (Lipinski definition) is 0. The molecule has 0 heteroatoms. The molecule has 0 nitrogen and oxygen atoms in total. The molecule has 0 aliphatic carbocycles. The molecular formula is C32H34. The summed E-state index contributed by atoms with van der Waals surface area (Å²) in [6, 6.07) is 29.4. The van der Waals surface area contributed by atoms with Gasteiger partial charge in [0.15, 0.2) is 0 Å². The van der Waals surface area contributed by atoms with Crippen molar-refractivity contribution in [2.24, 2.45) is 0 Å². The predicted octanol–water partition coefficient (Wildman–Crippen LogP) is 8.00. The molecule has 0 radical (unpaired) electrons. The summed E-state index contributed by atoms with van der Waals surface area (Å²) in [7, 11) is 0. The summed E-state index contributed by atoms with van der Waals surface area (Å²) in [4.78, 5) is 0. The molecule has 0 saturated heterocycles. The van der Waals surface area contributed by atoms with E-state index in [-0.39, 0.29) is 0 Å². The lowest BCUT2D eigenvalue weighted by Crippen LogP contribution is -2.06. The Morgan fingerprint density at radius 3 is 1.06 bits per heavy atom. The largest absolute Gasteiger partial charge is 0.0590 e. The van der Waals surface area contributed by atoms with Crippen LogP contribution in [-0.2, 0) is 19.3 Å². The van der Waals surface area contributed by atoms with Gasteiger partial charge in [-0.2, -0.15) is 0 Å². The average Bonchev–Trinajstić information content (AvgIpc) is 2.79. The van der Waals surface area contributed by atoms with Crippen molar-refractivity contribution in [3.63, 3.8) is 0 Å². The maximum absolute atomic E-state index is 2.46. The Hall–Kier alpha value is -3.12. The van der Waals surface area contributed by atoms with Crippen LogP contribution in [0.3, 0.4) is 0 Å². The zero-order chi connectivity index (χ0) is 22.7. The summed E-state index contributed by atoms with van der Waals surface area (Å²) in [6.07, 6.45) is 2.95. The lowest BCUT2D eigenvalue weighted by atomic mass is 9.85. The van der Waals surface area contributed by atoms with E-state index < -0.39 is 0 Å². The van der Waals surface area contributed by atoms with Gasteiger partial charge in [-0.05, 0) is 98.4 Å². The molecule has 0 saturated carbocycles. The van der Waals surface area contributed by atoms with Crippen molar-refractivity contribution in [1.29, 1.82) is 0 Å². The summed E-state index contributed by atoms with van der Waals surface area (Å²) < 4.78 is 0. The molecule has 0 fully saturated rings. The van der Waals surface area contributed by atoms with Gasteiger partial charge in [0.25, 0.3) is 0 Å². The molecule has 4 rings (SSSR count). The highest BCUT2D eigenvalue weighted by atomic mass is 14.2. The van der Waals surface area contributed by atoms with Crippen LogP contribution in [0.1, 0.15) is 61.2 Å². The lowest BCUT2D eigenvalue weighted by Gasteiger charge is -2.20. The minimum Gasteiger partial charge on any atom is -0.0590 e. The van der Waals surface area contributed by atoms with Crippen molar-refractivity contribution < 1.29 is 0 Å². The van der Waals surface area contributed by atoms with Crippen LogP contribution in [0.25, 0.3) is 0 Å². The van der Waals surface area contributed by atoms with E-state index in [0.717, 1.165) is 19.3 Å². The molecule has 0 atom stereocenters. The minimum absolute atomic E-state index is 0.980. The molecule has 4 aromatic carbocycles. The van der Waals surface area contributed by atoms with Crippen LogP contribution in [0.2, 0.25) is 0 Å². The first-order chi connectivity index (χ1) is 15.4. The Labute approximate surface area is 194 Å². The first-order valence-electron chi connectivity index (χ1n) is 11.7. The van der Waals surface area contributed by atoms with Gasteiger partial charge >= 0.3 is 0 Å². The first kappa shape index (κ1) is 22.1. The van der Waals surface area contributed by atoms with Crippen molar-refractivity contribution in [1.82, 2.24) is 0 Å². The Balaban J connectivity index is 1.75. The van der Waals surface area contributed by atoms with Crippen LogP contribution in [0, 0.1) is 34.6 Å². The molecule has 0 aliphatic heterocycles. The highest BCUT2D eigenvalue weighted by Crippen LogP contribution is 2.29. The van der Waals surface area contributed by atoms with Gasteiger partial charge in [-0.1, -0.05) is 95.6 Å². The van der Waals surface area contributed by atoms with Crippen LogP contribution >= 0.6 is 0 Å². The van der Waals surface area contributed by atoms with Crippen molar-refractivity contribution in [2.45, 2.75) is 53.9 Å². The SMILES string of the molecule is Cc1ccc(Cc2cc(Cc3ccc(C)cc3)c(C)c(Cc3ccc(C)cc3)c2C)cc1. The van der Waals surface area contributed by atoms with Crippen molar-refractivity contribution >= 4 is 0 Å². The molecule has 32 heavy (non-hydrogen) atoms. The third-order valence-corrected chi connectivity index (χ3v) is 6.75. The van der Waals surface area contributed by atoms with Gasteiger partial charge in [-0.15, -0.1) is 0 Å². The second-order valence-corrected chi connectivity index (χ2v) is 9.41. The van der Waals surface area contributed by atoms with E-state index in [0.29, 0.717) is 0 Å².